The van der Waals surface area contributed by atoms with Crippen LogP contribution < -0.4 is 4.74 Å². The molecule has 8 heteroatoms. The minimum absolute atomic E-state index is 0.0131. The van der Waals surface area contributed by atoms with Crippen molar-refractivity contribution in [2.75, 3.05) is 7.11 Å². The number of ether oxygens (including phenoxy) is 2. The zero-order valence-electron chi connectivity index (χ0n) is 14.8. The molecule has 3 rings (SSSR count). The third-order valence-corrected chi connectivity index (χ3v) is 3.82. The van der Waals surface area contributed by atoms with Gasteiger partial charge in [-0.2, -0.15) is 0 Å². The number of nitro benzene ring substituents is 1. The summed E-state index contributed by atoms with van der Waals surface area (Å²) in [5, 5.41) is 11.7. The molecule has 0 saturated heterocycles. The molecule has 0 N–H and O–H groups in total. The SMILES string of the molecule is COC(=O)c1c(-c2ccc(F)cc2)oc2cc([N+](=O)[O-])c(OC(C)C)cc12. The quantitative estimate of drug-likeness (QED) is 0.365. The summed E-state index contributed by atoms with van der Waals surface area (Å²) >= 11 is 0. The van der Waals surface area contributed by atoms with Crippen LogP contribution in [0.4, 0.5) is 10.1 Å². The van der Waals surface area contributed by atoms with Gasteiger partial charge in [0.05, 0.1) is 24.2 Å². The van der Waals surface area contributed by atoms with Gasteiger partial charge in [0.1, 0.15) is 22.7 Å². The van der Waals surface area contributed by atoms with Crippen molar-refractivity contribution >= 4 is 22.6 Å². The maximum absolute atomic E-state index is 13.2. The molecule has 0 atom stereocenters. The summed E-state index contributed by atoms with van der Waals surface area (Å²) < 4.78 is 29.3. The van der Waals surface area contributed by atoms with E-state index in [1.165, 1.54) is 43.5 Å². The maximum Gasteiger partial charge on any atom is 0.342 e. The molecular weight excluding hydrogens is 357 g/mol. The standard InChI is InChI=1S/C19H16FNO6/c1-10(2)26-16-8-13-15(9-14(16)21(23)24)27-18(17(13)19(22)25-3)11-4-6-12(20)7-5-11/h4-10H,1-3H3. The molecule has 0 unspecified atom stereocenters. The Balaban J connectivity index is 2.32. The van der Waals surface area contributed by atoms with E-state index in [4.69, 9.17) is 13.9 Å². The molecule has 0 amide bonds. The number of fused-ring (bicyclic) bond motifs is 1. The normalized spacial score (nSPS) is 11.0. The van der Waals surface area contributed by atoms with Gasteiger partial charge in [0.2, 0.25) is 0 Å². The Morgan fingerprint density at radius 3 is 2.44 bits per heavy atom. The number of esters is 1. The number of carbonyl (C=O) groups is 1. The first-order valence-electron chi connectivity index (χ1n) is 8.07. The third-order valence-electron chi connectivity index (χ3n) is 3.82. The smallest absolute Gasteiger partial charge is 0.342 e. The Labute approximate surface area is 153 Å². The zero-order chi connectivity index (χ0) is 19.7. The molecule has 1 heterocycles. The van der Waals surface area contributed by atoms with Gasteiger partial charge >= 0.3 is 11.7 Å². The molecule has 7 nitrogen and oxygen atoms in total. The molecule has 0 aliphatic heterocycles. The molecular formula is C19H16FNO6. The van der Waals surface area contributed by atoms with E-state index in [9.17, 15) is 19.3 Å². The van der Waals surface area contributed by atoms with Gasteiger partial charge in [-0.1, -0.05) is 0 Å². The first kappa shape index (κ1) is 18.4. The average molecular weight is 373 g/mol. The third kappa shape index (κ3) is 3.46. The lowest BCUT2D eigenvalue weighted by Gasteiger charge is -2.10. The number of nitrogens with zero attached hydrogens (tertiary/aromatic N) is 1. The van der Waals surface area contributed by atoms with Gasteiger partial charge in [-0.05, 0) is 44.2 Å². The Morgan fingerprint density at radius 2 is 1.89 bits per heavy atom. The Morgan fingerprint density at radius 1 is 1.22 bits per heavy atom. The van der Waals surface area contributed by atoms with Crippen LogP contribution in [0, 0.1) is 15.9 Å². The lowest BCUT2D eigenvalue weighted by atomic mass is 10.0. The van der Waals surface area contributed by atoms with Crippen LogP contribution >= 0.6 is 0 Å². The molecule has 140 valence electrons. The summed E-state index contributed by atoms with van der Waals surface area (Å²) in [7, 11) is 1.21. The van der Waals surface area contributed by atoms with Crippen LogP contribution in [-0.4, -0.2) is 24.1 Å². The number of methoxy groups -OCH3 is 1. The number of nitro groups is 1. The van der Waals surface area contributed by atoms with Crippen molar-refractivity contribution in [1.29, 1.82) is 0 Å². The lowest BCUT2D eigenvalue weighted by molar-refractivity contribution is -0.385. The molecule has 1 aromatic heterocycles. The maximum atomic E-state index is 13.2. The summed E-state index contributed by atoms with van der Waals surface area (Å²) in [6.07, 6.45) is -0.314. The molecule has 0 spiro atoms. The molecule has 0 saturated carbocycles. The Kier molecular flexibility index (Phi) is 4.81. The Bertz CT molecular complexity index is 1020. The highest BCUT2D eigenvalue weighted by atomic mass is 19.1. The first-order chi connectivity index (χ1) is 12.8. The second kappa shape index (κ2) is 7.06. The number of furan rings is 1. The Hall–Kier alpha value is -3.42. The van der Waals surface area contributed by atoms with E-state index < -0.39 is 16.7 Å². The van der Waals surface area contributed by atoms with Crippen molar-refractivity contribution in [3.63, 3.8) is 0 Å². The van der Waals surface area contributed by atoms with Crippen LogP contribution in [0.25, 0.3) is 22.3 Å². The van der Waals surface area contributed by atoms with Gasteiger partial charge in [0.15, 0.2) is 5.75 Å². The lowest BCUT2D eigenvalue weighted by Crippen LogP contribution is -2.08. The van der Waals surface area contributed by atoms with Crippen LogP contribution in [0.3, 0.4) is 0 Å². The molecule has 3 aromatic rings. The second-order valence-electron chi connectivity index (χ2n) is 6.04. The van der Waals surface area contributed by atoms with Crippen molar-refractivity contribution in [3.8, 4) is 17.1 Å². The number of halogens is 1. The molecule has 0 radical (unpaired) electrons. The predicted molar refractivity (Wildman–Crippen MR) is 95.4 cm³/mol. The van der Waals surface area contributed by atoms with E-state index in [1.54, 1.807) is 13.8 Å². The van der Waals surface area contributed by atoms with Crippen LogP contribution in [0.1, 0.15) is 24.2 Å². The summed E-state index contributed by atoms with van der Waals surface area (Å²) in [6, 6.07) is 7.92. The van der Waals surface area contributed by atoms with Crippen molar-refractivity contribution < 1.29 is 28.0 Å². The van der Waals surface area contributed by atoms with Gasteiger partial charge in [-0.25, -0.2) is 9.18 Å². The molecule has 0 fully saturated rings. The fourth-order valence-corrected chi connectivity index (χ4v) is 2.71. The largest absolute Gasteiger partial charge is 0.484 e. The summed E-state index contributed by atoms with van der Waals surface area (Å²) in [5.74, 6) is -0.984. The van der Waals surface area contributed by atoms with Gasteiger partial charge in [0, 0.05) is 10.9 Å². The minimum Gasteiger partial charge on any atom is -0.484 e. The number of benzene rings is 2. The highest BCUT2D eigenvalue weighted by Gasteiger charge is 2.27. The van der Waals surface area contributed by atoms with Crippen molar-refractivity contribution in [2.45, 2.75) is 20.0 Å². The fourth-order valence-electron chi connectivity index (χ4n) is 2.71. The van der Waals surface area contributed by atoms with E-state index in [0.29, 0.717) is 10.9 Å². The predicted octanol–water partition coefficient (Wildman–Crippen LogP) is 4.72. The van der Waals surface area contributed by atoms with Crippen LogP contribution in [0.5, 0.6) is 5.75 Å². The van der Waals surface area contributed by atoms with Crippen LogP contribution in [0.2, 0.25) is 0 Å². The van der Waals surface area contributed by atoms with E-state index in [1.807, 2.05) is 0 Å². The highest BCUT2D eigenvalue weighted by Crippen LogP contribution is 2.40. The zero-order valence-corrected chi connectivity index (χ0v) is 14.8. The first-order valence-corrected chi connectivity index (χ1v) is 8.07. The van der Waals surface area contributed by atoms with E-state index in [2.05, 4.69) is 0 Å². The number of hydrogen-bond donors (Lipinski definition) is 0. The fraction of sp³-hybridized carbons (Fsp3) is 0.211. The monoisotopic (exact) mass is 373 g/mol. The van der Waals surface area contributed by atoms with Gasteiger partial charge < -0.3 is 13.9 Å². The van der Waals surface area contributed by atoms with Crippen molar-refractivity contribution in [3.05, 3.63) is 57.9 Å². The molecule has 27 heavy (non-hydrogen) atoms. The van der Waals surface area contributed by atoms with E-state index in [0.717, 1.165) is 0 Å². The summed E-state index contributed by atoms with van der Waals surface area (Å²) in [4.78, 5) is 23.2. The number of rotatable bonds is 5. The second-order valence-corrected chi connectivity index (χ2v) is 6.04. The number of carbonyl (C=O) groups excluding carboxylic acids is 1. The van der Waals surface area contributed by atoms with Gasteiger partial charge in [0.25, 0.3) is 0 Å². The van der Waals surface area contributed by atoms with Gasteiger partial charge in [-0.3, -0.25) is 10.1 Å². The highest BCUT2D eigenvalue weighted by molar-refractivity contribution is 6.09. The van der Waals surface area contributed by atoms with Crippen LogP contribution in [-0.2, 0) is 4.74 Å². The average Bonchev–Trinajstić information content (AvgIpc) is 2.98. The molecule has 2 aromatic carbocycles. The summed E-state index contributed by atoms with van der Waals surface area (Å²) in [5.41, 5.74) is 0.356. The summed E-state index contributed by atoms with van der Waals surface area (Å²) in [6.45, 7) is 3.46. The number of hydrogen-bond acceptors (Lipinski definition) is 6. The minimum atomic E-state index is -0.683. The molecule has 0 aliphatic rings. The van der Waals surface area contributed by atoms with E-state index >= 15 is 0 Å². The van der Waals surface area contributed by atoms with Crippen LogP contribution in [0.15, 0.2) is 40.8 Å². The van der Waals surface area contributed by atoms with Crippen molar-refractivity contribution in [2.24, 2.45) is 0 Å². The van der Waals surface area contributed by atoms with E-state index in [-0.39, 0.29) is 34.4 Å². The topological polar surface area (TPSA) is 91.8 Å². The molecule has 0 bridgehead atoms. The molecule has 0 aliphatic carbocycles. The van der Waals surface area contributed by atoms with Crippen molar-refractivity contribution in [1.82, 2.24) is 0 Å². The van der Waals surface area contributed by atoms with Gasteiger partial charge in [-0.15, -0.1) is 0 Å².